The van der Waals surface area contributed by atoms with Gasteiger partial charge in [-0.05, 0) is 42.7 Å². The first kappa shape index (κ1) is 17.1. The van der Waals surface area contributed by atoms with E-state index in [1.54, 1.807) is 12.3 Å². The van der Waals surface area contributed by atoms with Crippen LogP contribution in [-0.4, -0.2) is 53.2 Å². The lowest BCUT2D eigenvalue weighted by Gasteiger charge is -2.60. The van der Waals surface area contributed by atoms with E-state index in [0.717, 1.165) is 48.4 Å². The Balaban J connectivity index is 1.26. The van der Waals surface area contributed by atoms with E-state index in [-0.39, 0.29) is 16.9 Å². The molecule has 1 aromatic carbocycles. The van der Waals surface area contributed by atoms with Crippen LogP contribution >= 0.6 is 11.6 Å². The summed E-state index contributed by atoms with van der Waals surface area (Å²) in [5.74, 6) is 0.00397. The first-order valence-corrected chi connectivity index (χ1v) is 10.1. The average molecular weight is 411 g/mol. The van der Waals surface area contributed by atoms with Crippen LogP contribution in [0.25, 0.3) is 0 Å². The monoisotopic (exact) mass is 410 g/mol. The number of nitrogens with zero attached hydrogens (tertiary/aromatic N) is 4. The van der Waals surface area contributed by atoms with E-state index in [9.17, 15) is 9.59 Å². The summed E-state index contributed by atoms with van der Waals surface area (Å²) in [4.78, 5) is 34.1. The molecule has 2 spiro atoms. The molecule has 29 heavy (non-hydrogen) atoms. The number of anilines is 2. The number of amides is 2. The molecule has 6 rings (SSSR count). The second-order valence-electron chi connectivity index (χ2n) is 8.76. The van der Waals surface area contributed by atoms with Crippen LogP contribution in [0.4, 0.5) is 16.2 Å². The van der Waals surface area contributed by atoms with Crippen molar-refractivity contribution >= 4 is 35.0 Å². The Morgan fingerprint density at radius 1 is 1.07 bits per heavy atom. The van der Waals surface area contributed by atoms with Crippen LogP contribution in [0.1, 0.15) is 28.8 Å². The van der Waals surface area contributed by atoms with Crippen molar-refractivity contribution in [3.8, 4) is 0 Å². The van der Waals surface area contributed by atoms with Crippen LogP contribution in [0, 0.1) is 5.41 Å². The number of halogens is 1. The van der Waals surface area contributed by atoms with E-state index in [2.05, 4.69) is 9.88 Å². The van der Waals surface area contributed by atoms with Gasteiger partial charge in [-0.2, -0.15) is 0 Å². The Bertz CT molecular complexity index is 1070. The smallest absolute Gasteiger partial charge is 0.407 e. The quantitative estimate of drug-likeness (QED) is 0.822. The summed E-state index contributed by atoms with van der Waals surface area (Å²) in [7, 11) is 0. The zero-order chi connectivity index (χ0) is 20.0. The maximum absolute atomic E-state index is 13.2. The molecule has 1 aliphatic carbocycles. The normalized spacial score (nSPS) is 22.5. The predicted octanol–water partition coefficient (Wildman–Crippen LogP) is 3.18. The Kier molecular flexibility index (Phi) is 3.19. The molecular formula is C21H19ClN4O3. The Hall–Kier alpha value is -2.80. The van der Waals surface area contributed by atoms with Crippen LogP contribution in [0.2, 0.25) is 5.02 Å². The molecule has 3 aliphatic heterocycles. The zero-order valence-electron chi connectivity index (χ0n) is 15.6. The first-order chi connectivity index (χ1) is 13.9. The average Bonchev–Trinajstić information content (AvgIpc) is 3.36. The van der Waals surface area contributed by atoms with Crippen molar-refractivity contribution in [2.75, 3.05) is 36.0 Å². The van der Waals surface area contributed by atoms with Gasteiger partial charge in [-0.15, -0.1) is 0 Å². The number of carboxylic acid groups (broad SMARTS) is 1. The Labute approximate surface area is 172 Å². The van der Waals surface area contributed by atoms with Gasteiger partial charge < -0.3 is 14.9 Å². The highest BCUT2D eigenvalue weighted by molar-refractivity contribution is 6.31. The number of hydrogen-bond acceptors (Lipinski definition) is 4. The van der Waals surface area contributed by atoms with Gasteiger partial charge >= 0.3 is 6.09 Å². The molecule has 1 N–H and O–H groups in total. The van der Waals surface area contributed by atoms with E-state index in [0.29, 0.717) is 18.1 Å². The van der Waals surface area contributed by atoms with Crippen molar-refractivity contribution in [1.82, 2.24) is 9.88 Å². The van der Waals surface area contributed by atoms with Crippen molar-refractivity contribution in [3.63, 3.8) is 0 Å². The fraction of sp³-hybridized carbons (Fsp3) is 0.381. The molecule has 1 aromatic heterocycles. The van der Waals surface area contributed by atoms with E-state index in [1.165, 1.54) is 4.90 Å². The molecule has 0 atom stereocenters. The second kappa shape index (κ2) is 5.42. The summed E-state index contributed by atoms with van der Waals surface area (Å²) < 4.78 is 0. The van der Waals surface area contributed by atoms with E-state index >= 15 is 0 Å². The van der Waals surface area contributed by atoms with Crippen LogP contribution in [0.15, 0.2) is 36.7 Å². The van der Waals surface area contributed by atoms with Gasteiger partial charge in [0.15, 0.2) is 0 Å². The van der Waals surface area contributed by atoms with Crippen molar-refractivity contribution in [2.24, 2.45) is 5.41 Å². The number of rotatable bonds is 2. The fourth-order valence-corrected chi connectivity index (χ4v) is 5.43. The molecule has 2 aromatic rings. The molecule has 2 saturated heterocycles. The summed E-state index contributed by atoms with van der Waals surface area (Å²) in [6.07, 6.45) is 4.57. The molecular weight excluding hydrogens is 392 g/mol. The molecule has 1 saturated carbocycles. The van der Waals surface area contributed by atoms with Gasteiger partial charge in [-0.25, -0.2) is 4.79 Å². The molecule has 148 valence electrons. The minimum Gasteiger partial charge on any atom is -0.465 e. The van der Waals surface area contributed by atoms with Crippen molar-refractivity contribution in [2.45, 2.75) is 18.4 Å². The van der Waals surface area contributed by atoms with E-state index in [4.69, 9.17) is 16.7 Å². The third-order valence-electron chi connectivity index (χ3n) is 6.78. The van der Waals surface area contributed by atoms with Crippen LogP contribution in [0.5, 0.6) is 0 Å². The molecule has 0 radical (unpaired) electrons. The number of benzene rings is 1. The second-order valence-corrected chi connectivity index (χ2v) is 9.19. The molecule has 4 heterocycles. The van der Waals surface area contributed by atoms with Gasteiger partial charge in [0.2, 0.25) is 0 Å². The van der Waals surface area contributed by atoms with Gasteiger partial charge in [0.25, 0.3) is 5.91 Å². The summed E-state index contributed by atoms with van der Waals surface area (Å²) in [5, 5.41) is 9.70. The van der Waals surface area contributed by atoms with E-state index < -0.39 is 6.09 Å². The van der Waals surface area contributed by atoms with Crippen molar-refractivity contribution in [1.29, 1.82) is 0 Å². The van der Waals surface area contributed by atoms with Gasteiger partial charge in [0.05, 0.1) is 29.3 Å². The summed E-state index contributed by atoms with van der Waals surface area (Å²) in [5.41, 5.74) is 3.31. The third-order valence-corrected chi connectivity index (χ3v) is 7.01. The Morgan fingerprint density at radius 3 is 2.48 bits per heavy atom. The molecule has 7 nitrogen and oxygen atoms in total. The molecule has 0 bridgehead atoms. The van der Waals surface area contributed by atoms with E-state index in [1.807, 2.05) is 29.3 Å². The fourth-order valence-electron chi connectivity index (χ4n) is 5.25. The van der Waals surface area contributed by atoms with Crippen LogP contribution in [0.3, 0.4) is 0 Å². The lowest BCUT2D eigenvalue weighted by Crippen LogP contribution is -2.73. The van der Waals surface area contributed by atoms with Crippen molar-refractivity contribution in [3.05, 3.63) is 52.8 Å². The molecule has 4 aliphatic rings. The molecule has 8 heteroatoms. The maximum Gasteiger partial charge on any atom is 0.407 e. The highest BCUT2D eigenvalue weighted by Gasteiger charge is 2.59. The number of hydrogen-bond donors (Lipinski definition) is 1. The summed E-state index contributed by atoms with van der Waals surface area (Å²) >= 11 is 6.20. The predicted molar refractivity (Wildman–Crippen MR) is 108 cm³/mol. The Morgan fingerprint density at radius 2 is 1.79 bits per heavy atom. The lowest BCUT2D eigenvalue weighted by atomic mass is 9.73. The third kappa shape index (κ3) is 2.28. The van der Waals surface area contributed by atoms with Gasteiger partial charge in [0.1, 0.15) is 0 Å². The topological polar surface area (TPSA) is 77.0 Å². The number of carbonyl (C=O) groups excluding carboxylic acids is 1. The van der Waals surface area contributed by atoms with Gasteiger partial charge in [0, 0.05) is 42.2 Å². The molecule has 3 fully saturated rings. The number of fused-ring (bicyclic) bond motifs is 2. The maximum atomic E-state index is 13.2. The first-order valence-electron chi connectivity index (χ1n) is 9.73. The molecule has 2 amide bonds. The summed E-state index contributed by atoms with van der Waals surface area (Å²) in [6.45, 7) is 2.82. The number of pyridine rings is 1. The van der Waals surface area contributed by atoms with Crippen molar-refractivity contribution < 1.29 is 14.7 Å². The van der Waals surface area contributed by atoms with Gasteiger partial charge in [-0.1, -0.05) is 11.6 Å². The largest absolute Gasteiger partial charge is 0.465 e. The zero-order valence-corrected chi connectivity index (χ0v) is 16.4. The number of likely N-dealkylation sites (tertiary alicyclic amines) is 1. The lowest BCUT2D eigenvalue weighted by molar-refractivity contribution is -0.00943. The number of carbonyl (C=O) groups is 2. The minimum absolute atomic E-state index is 0.00397. The van der Waals surface area contributed by atoms with Gasteiger partial charge in [-0.3, -0.25) is 14.7 Å². The molecule has 0 unspecified atom stereocenters. The standard InChI is InChI=1S/C21H19ClN4O3/c22-13-1-2-16-17(5-13)21(3-4-21)26(18(16)27)15-6-14(7-23-8-15)24-9-20(10-24)11-25(12-20)19(28)29/h1-2,5-8H,3-4,9-12H2,(H,28,29). The number of aromatic nitrogens is 1. The highest BCUT2D eigenvalue weighted by atomic mass is 35.5. The minimum atomic E-state index is -0.848. The highest BCUT2D eigenvalue weighted by Crippen LogP contribution is 2.58. The SMILES string of the molecule is O=C(O)N1CC2(C1)CN(c1cncc(N3C(=O)c4ccc(Cl)cc4C34CC4)c1)C2. The van der Waals surface area contributed by atoms with Crippen LogP contribution in [-0.2, 0) is 5.54 Å². The summed E-state index contributed by atoms with van der Waals surface area (Å²) in [6, 6.07) is 7.54. The van der Waals surface area contributed by atoms with Crippen LogP contribution < -0.4 is 9.80 Å².